The number of sulfone groups is 1. The lowest BCUT2D eigenvalue weighted by Gasteiger charge is -2.06. The molecule has 0 saturated heterocycles. The summed E-state index contributed by atoms with van der Waals surface area (Å²) in [6.45, 7) is 0. The van der Waals surface area contributed by atoms with Crippen LogP contribution in [-0.2, 0) is 22.7 Å². The summed E-state index contributed by atoms with van der Waals surface area (Å²) in [4.78, 5) is 0. The zero-order valence-electron chi connectivity index (χ0n) is 31.2. The molecule has 0 saturated carbocycles. The first-order valence-corrected chi connectivity index (χ1v) is 23.2. The second-order valence-corrected chi connectivity index (χ2v) is 18.0. The topological polar surface area (TPSA) is 34.1 Å². The van der Waals surface area contributed by atoms with Gasteiger partial charge in [0.15, 0.2) is 0 Å². The third kappa shape index (κ3) is 27.3. The minimum absolute atomic E-state index is 0.400. The second kappa shape index (κ2) is 30.6. The molecule has 0 aliphatic rings. The van der Waals surface area contributed by atoms with Crippen LogP contribution >= 0.6 is 23.2 Å². The van der Waals surface area contributed by atoms with Gasteiger partial charge in [0.1, 0.15) is 9.84 Å². The monoisotopic (exact) mass is 734 g/mol. The van der Waals surface area contributed by atoms with E-state index in [0.717, 1.165) is 35.7 Å². The molecule has 2 aromatic rings. The van der Waals surface area contributed by atoms with Gasteiger partial charge in [-0.05, 0) is 73.9 Å². The zero-order chi connectivity index (χ0) is 35.1. The maximum atomic E-state index is 12.4. The summed E-state index contributed by atoms with van der Waals surface area (Å²) in [5, 5.41) is 1.65. The van der Waals surface area contributed by atoms with Crippen molar-refractivity contribution in [1.82, 2.24) is 0 Å². The quantitative estimate of drug-likeness (QED) is 0.0671. The van der Waals surface area contributed by atoms with Crippen LogP contribution in [0.3, 0.4) is 0 Å². The Balaban J connectivity index is 1.22. The Hall–Kier alpha value is -1.03. The number of benzene rings is 2. The molecule has 0 spiro atoms. The lowest BCUT2D eigenvalue weighted by Crippen LogP contribution is -2.11. The molecule has 0 amide bonds. The van der Waals surface area contributed by atoms with E-state index < -0.39 is 9.84 Å². The van der Waals surface area contributed by atoms with Crippen molar-refractivity contribution in [3.05, 3.63) is 69.7 Å². The molecule has 0 aliphatic heterocycles. The third-order valence-electron chi connectivity index (χ3n) is 10.2. The Morgan fingerprint density at radius 1 is 0.306 bits per heavy atom. The zero-order valence-corrected chi connectivity index (χ0v) is 33.6. The van der Waals surface area contributed by atoms with Crippen LogP contribution in [-0.4, -0.2) is 19.9 Å². The highest BCUT2D eigenvalue weighted by Crippen LogP contribution is 2.18. The predicted molar refractivity (Wildman–Crippen MR) is 218 cm³/mol. The van der Waals surface area contributed by atoms with Gasteiger partial charge >= 0.3 is 0 Å². The molecule has 0 unspecified atom stereocenters. The molecule has 0 heterocycles. The average Bonchev–Trinajstić information content (AvgIpc) is 3.09. The Labute approximate surface area is 313 Å². The van der Waals surface area contributed by atoms with Crippen LogP contribution in [0.25, 0.3) is 0 Å². The summed E-state index contributed by atoms with van der Waals surface area (Å²) in [5.74, 6) is 0.801. The molecular formula is C44H72Cl2O2S. The highest BCUT2D eigenvalue weighted by molar-refractivity contribution is 7.91. The van der Waals surface area contributed by atoms with Crippen LogP contribution in [0.5, 0.6) is 0 Å². The standard InChI is InChI=1S/C44H72Cl2O2S/c45-43-35-31-41(32-36-43)29-25-21-17-13-9-5-1-3-7-11-15-19-23-27-39-49(47,48)40-28-24-20-16-12-8-4-2-6-10-14-18-22-26-30-42-33-37-44(46)38-34-42/h31-38H,1-30,39-40H2. The molecular weight excluding hydrogens is 663 g/mol. The van der Waals surface area contributed by atoms with Crippen LogP contribution in [0.2, 0.25) is 10.0 Å². The first kappa shape index (κ1) is 44.1. The highest BCUT2D eigenvalue weighted by Gasteiger charge is 2.10. The normalized spacial score (nSPS) is 11.8. The predicted octanol–water partition coefficient (Wildman–Crippen LogP) is 15.1. The lowest BCUT2D eigenvalue weighted by atomic mass is 10.0. The third-order valence-corrected chi connectivity index (χ3v) is 12.5. The van der Waals surface area contributed by atoms with Crippen LogP contribution in [0.4, 0.5) is 0 Å². The van der Waals surface area contributed by atoms with Crippen molar-refractivity contribution in [2.75, 3.05) is 11.5 Å². The Bertz CT molecular complexity index is 1030. The number of hydrogen-bond acceptors (Lipinski definition) is 2. The van der Waals surface area contributed by atoms with Gasteiger partial charge in [0.05, 0.1) is 11.5 Å². The Morgan fingerprint density at radius 2 is 0.510 bits per heavy atom. The maximum absolute atomic E-state index is 12.4. The number of aryl methyl sites for hydroxylation is 2. The summed E-state index contributed by atoms with van der Waals surface area (Å²) in [6.07, 6.45) is 38.1. The van der Waals surface area contributed by atoms with Gasteiger partial charge in [0.2, 0.25) is 0 Å². The molecule has 0 fully saturated rings. The minimum Gasteiger partial charge on any atom is -0.229 e. The fourth-order valence-corrected chi connectivity index (χ4v) is 8.69. The first-order valence-electron chi connectivity index (χ1n) is 20.6. The molecule has 280 valence electrons. The van der Waals surface area contributed by atoms with Crippen molar-refractivity contribution in [3.8, 4) is 0 Å². The van der Waals surface area contributed by atoms with Gasteiger partial charge in [-0.2, -0.15) is 0 Å². The number of hydrogen-bond donors (Lipinski definition) is 0. The lowest BCUT2D eigenvalue weighted by molar-refractivity contribution is 0.532. The summed E-state index contributed by atoms with van der Waals surface area (Å²) in [5.41, 5.74) is 2.80. The minimum atomic E-state index is -2.85. The first-order chi connectivity index (χ1) is 23.9. The van der Waals surface area contributed by atoms with Crippen molar-refractivity contribution in [2.45, 2.75) is 193 Å². The van der Waals surface area contributed by atoms with Gasteiger partial charge in [-0.25, -0.2) is 8.42 Å². The van der Waals surface area contributed by atoms with Crippen LogP contribution < -0.4 is 0 Å². The molecule has 49 heavy (non-hydrogen) atoms. The van der Waals surface area contributed by atoms with E-state index >= 15 is 0 Å². The van der Waals surface area contributed by atoms with E-state index in [1.165, 1.54) is 178 Å². The van der Waals surface area contributed by atoms with Gasteiger partial charge in [-0.15, -0.1) is 0 Å². The molecule has 2 nitrogen and oxygen atoms in total. The number of rotatable bonds is 34. The van der Waals surface area contributed by atoms with Crippen molar-refractivity contribution in [2.24, 2.45) is 0 Å². The highest BCUT2D eigenvalue weighted by atomic mass is 35.5. The van der Waals surface area contributed by atoms with Crippen molar-refractivity contribution < 1.29 is 8.42 Å². The van der Waals surface area contributed by atoms with Gasteiger partial charge in [-0.1, -0.05) is 202 Å². The molecule has 0 N–H and O–H groups in total. The second-order valence-electron chi connectivity index (χ2n) is 14.8. The van der Waals surface area contributed by atoms with E-state index in [9.17, 15) is 8.42 Å². The fourth-order valence-electron chi connectivity index (χ4n) is 6.95. The Kier molecular flexibility index (Phi) is 27.5. The van der Waals surface area contributed by atoms with Crippen LogP contribution in [0.15, 0.2) is 48.5 Å². The van der Waals surface area contributed by atoms with Gasteiger partial charge in [0.25, 0.3) is 0 Å². The van der Waals surface area contributed by atoms with E-state index in [2.05, 4.69) is 24.3 Å². The fraction of sp³-hybridized carbons (Fsp3) is 0.727. The van der Waals surface area contributed by atoms with Crippen molar-refractivity contribution in [3.63, 3.8) is 0 Å². The van der Waals surface area contributed by atoms with Crippen molar-refractivity contribution >= 4 is 33.0 Å². The molecule has 5 heteroatoms. The summed E-state index contributed by atoms with van der Waals surface area (Å²) < 4.78 is 24.9. The summed E-state index contributed by atoms with van der Waals surface area (Å²) >= 11 is 11.9. The van der Waals surface area contributed by atoms with E-state index in [4.69, 9.17) is 23.2 Å². The van der Waals surface area contributed by atoms with Crippen LogP contribution in [0.1, 0.15) is 191 Å². The van der Waals surface area contributed by atoms with Crippen LogP contribution in [0, 0.1) is 0 Å². The molecule has 0 atom stereocenters. The number of halogens is 2. The van der Waals surface area contributed by atoms with Gasteiger partial charge < -0.3 is 0 Å². The summed E-state index contributed by atoms with van der Waals surface area (Å²) in [6, 6.07) is 16.6. The largest absolute Gasteiger partial charge is 0.229 e. The smallest absolute Gasteiger partial charge is 0.150 e. The number of unbranched alkanes of at least 4 members (excludes halogenated alkanes) is 26. The van der Waals surface area contributed by atoms with E-state index in [0.29, 0.717) is 11.5 Å². The van der Waals surface area contributed by atoms with E-state index in [1.807, 2.05) is 24.3 Å². The molecule has 2 aromatic carbocycles. The molecule has 0 bridgehead atoms. The van der Waals surface area contributed by atoms with Crippen molar-refractivity contribution in [1.29, 1.82) is 0 Å². The van der Waals surface area contributed by atoms with E-state index in [1.54, 1.807) is 0 Å². The molecule has 0 aromatic heterocycles. The molecule has 0 aliphatic carbocycles. The summed E-state index contributed by atoms with van der Waals surface area (Å²) in [7, 11) is -2.85. The molecule has 2 rings (SSSR count). The maximum Gasteiger partial charge on any atom is 0.150 e. The molecule has 0 radical (unpaired) electrons. The Morgan fingerprint density at radius 3 is 0.755 bits per heavy atom. The van der Waals surface area contributed by atoms with Gasteiger partial charge in [0, 0.05) is 10.0 Å². The van der Waals surface area contributed by atoms with Gasteiger partial charge in [-0.3, -0.25) is 0 Å². The SMILES string of the molecule is O=S(=O)(CCCCCCCCCCCCCCCCc1ccc(Cl)cc1)CCCCCCCCCCCCCCCCc1ccc(Cl)cc1. The average molecular weight is 736 g/mol. The van der Waals surface area contributed by atoms with E-state index in [-0.39, 0.29) is 0 Å².